The molecule has 0 spiro atoms. The predicted octanol–water partition coefficient (Wildman–Crippen LogP) is 0.505. The van der Waals surface area contributed by atoms with Crippen molar-refractivity contribution < 1.29 is 0 Å². The van der Waals surface area contributed by atoms with Gasteiger partial charge >= 0.3 is 0 Å². The first kappa shape index (κ1) is 5.69. The molecule has 0 radical (unpaired) electrons. The summed E-state index contributed by atoms with van der Waals surface area (Å²) in [6.07, 6.45) is 2.06. The van der Waals surface area contributed by atoms with Crippen LogP contribution in [0.3, 0.4) is 0 Å². The van der Waals surface area contributed by atoms with E-state index in [4.69, 9.17) is 0 Å². The Balaban J connectivity index is 2.22. The molecule has 3 nitrogen and oxygen atoms in total. The molecule has 1 fully saturated rings. The molecule has 0 aliphatic carbocycles. The Bertz CT molecular complexity index is 78.5. The van der Waals surface area contributed by atoms with E-state index in [1.807, 2.05) is 0 Å². The number of nitrogens with one attached hydrogen (secondary N) is 1. The summed E-state index contributed by atoms with van der Waals surface area (Å²) in [5.74, 6) is 0. The molecule has 1 atom stereocenters. The van der Waals surface area contributed by atoms with Crippen molar-refractivity contribution in [2.75, 3.05) is 13.1 Å². The first-order chi connectivity index (χ1) is 3.93. The fourth-order valence-electron chi connectivity index (χ4n) is 0.923. The largest absolute Gasteiger partial charge is 0.314 e. The van der Waals surface area contributed by atoms with E-state index in [-0.39, 0.29) is 6.04 Å². The number of nitroso groups, excluding NO2 is 1. The van der Waals surface area contributed by atoms with E-state index in [2.05, 4.69) is 10.5 Å². The van der Waals surface area contributed by atoms with Crippen LogP contribution in [0.5, 0.6) is 0 Å². The maximum Gasteiger partial charge on any atom is 0.104 e. The summed E-state index contributed by atoms with van der Waals surface area (Å²) < 4.78 is 0. The molecule has 1 aliphatic heterocycles. The number of rotatable bonds is 1. The van der Waals surface area contributed by atoms with E-state index in [9.17, 15) is 4.91 Å². The van der Waals surface area contributed by atoms with E-state index in [1.54, 1.807) is 0 Å². The van der Waals surface area contributed by atoms with Crippen molar-refractivity contribution in [3.8, 4) is 0 Å². The molecule has 1 aliphatic rings. The van der Waals surface area contributed by atoms with Crippen LogP contribution in [0, 0.1) is 4.91 Å². The van der Waals surface area contributed by atoms with Crippen molar-refractivity contribution >= 4 is 0 Å². The molecule has 1 saturated heterocycles. The van der Waals surface area contributed by atoms with Gasteiger partial charge in [0.15, 0.2) is 0 Å². The van der Waals surface area contributed by atoms with Crippen LogP contribution in [0.4, 0.5) is 0 Å². The summed E-state index contributed by atoms with van der Waals surface area (Å²) >= 11 is 0. The van der Waals surface area contributed by atoms with Gasteiger partial charge in [0.25, 0.3) is 0 Å². The molecular formula is C5H10N2O. The van der Waals surface area contributed by atoms with Gasteiger partial charge in [-0.1, -0.05) is 5.18 Å². The highest BCUT2D eigenvalue weighted by atomic mass is 16.3. The predicted molar refractivity (Wildman–Crippen MR) is 31.7 cm³/mol. The van der Waals surface area contributed by atoms with Gasteiger partial charge in [-0.15, -0.1) is 0 Å². The third-order valence-corrected chi connectivity index (χ3v) is 1.42. The lowest BCUT2D eigenvalue weighted by Crippen LogP contribution is -2.31. The summed E-state index contributed by atoms with van der Waals surface area (Å²) in [7, 11) is 0. The smallest absolute Gasteiger partial charge is 0.104 e. The Morgan fingerprint density at radius 3 is 2.88 bits per heavy atom. The molecule has 0 aromatic heterocycles. The fourth-order valence-corrected chi connectivity index (χ4v) is 0.923. The third kappa shape index (κ3) is 1.26. The van der Waals surface area contributed by atoms with Crippen LogP contribution < -0.4 is 5.32 Å². The van der Waals surface area contributed by atoms with Crippen molar-refractivity contribution in [3.63, 3.8) is 0 Å². The van der Waals surface area contributed by atoms with Crippen LogP contribution in [0.15, 0.2) is 5.18 Å². The quantitative estimate of drug-likeness (QED) is 0.504. The van der Waals surface area contributed by atoms with E-state index in [0.29, 0.717) is 0 Å². The normalized spacial score (nSPS) is 29.8. The summed E-state index contributed by atoms with van der Waals surface area (Å²) in [6.45, 7) is 1.83. The minimum atomic E-state index is 0.0451. The van der Waals surface area contributed by atoms with Gasteiger partial charge in [-0.05, 0) is 19.4 Å². The zero-order valence-electron chi connectivity index (χ0n) is 4.76. The molecule has 0 aromatic rings. The van der Waals surface area contributed by atoms with Crippen molar-refractivity contribution in [1.82, 2.24) is 5.32 Å². The minimum Gasteiger partial charge on any atom is -0.314 e. The summed E-state index contributed by atoms with van der Waals surface area (Å²) in [4.78, 5) is 9.87. The lowest BCUT2D eigenvalue weighted by atomic mass is 10.1. The van der Waals surface area contributed by atoms with Gasteiger partial charge in [0, 0.05) is 6.54 Å². The highest BCUT2D eigenvalue weighted by Crippen LogP contribution is 2.03. The number of hydrogen-bond acceptors (Lipinski definition) is 3. The molecule has 0 saturated carbocycles. The van der Waals surface area contributed by atoms with Gasteiger partial charge in [0.1, 0.15) is 6.04 Å². The maximum absolute atomic E-state index is 9.87. The van der Waals surface area contributed by atoms with Gasteiger partial charge in [-0.2, -0.15) is 4.91 Å². The monoisotopic (exact) mass is 114 g/mol. The summed E-state index contributed by atoms with van der Waals surface area (Å²) in [6, 6.07) is 0.0451. The number of piperidine rings is 1. The Hall–Kier alpha value is -0.440. The SMILES string of the molecule is O=N[C@@H]1CCCNC1. The Kier molecular flexibility index (Phi) is 1.97. The van der Waals surface area contributed by atoms with E-state index in [0.717, 1.165) is 25.9 Å². The minimum absolute atomic E-state index is 0.0451. The van der Waals surface area contributed by atoms with Gasteiger partial charge in [0.2, 0.25) is 0 Å². The molecule has 1 heterocycles. The molecule has 0 amide bonds. The van der Waals surface area contributed by atoms with E-state index < -0.39 is 0 Å². The van der Waals surface area contributed by atoms with Crippen LogP contribution in [-0.4, -0.2) is 19.1 Å². The first-order valence-corrected chi connectivity index (χ1v) is 2.96. The van der Waals surface area contributed by atoms with Crippen molar-refractivity contribution in [2.24, 2.45) is 5.18 Å². The Labute approximate surface area is 48.4 Å². The second-order valence-corrected chi connectivity index (χ2v) is 2.11. The average molecular weight is 114 g/mol. The van der Waals surface area contributed by atoms with E-state index in [1.165, 1.54) is 0 Å². The fraction of sp³-hybridized carbons (Fsp3) is 1.00. The van der Waals surface area contributed by atoms with Gasteiger partial charge in [0.05, 0.1) is 0 Å². The zero-order chi connectivity index (χ0) is 5.82. The maximum atomic E-state index is 9.87. The number of hydrogen-bond donors (Lipinski definition) is 1. The number of nitrogens with zero attached hydrogens (tertiary/aromatic N) is 1. The van der Waals surface area contributed by atoms with Crippen LogP contribution in [-0.2, 0) is 0 Å². The van der Waals surface area contributed by atoms with Gasteiger partial charge in [-0.3, -0.25) is 0 Å². The van der Waals surface area contributed by atoms with Gasteiger partial charge in [-0.25, -0.2) is 0 Å². The lowest BCUT2D eigenvalue weighted by molar-refractivity contribution is 0.459. The van der Waals surface area contributed by atoms with Gasteiger partial charge < -0.3 is 5.32 Å². The lowest BCUT2D eigenvalue weighted by Gasteiger charge is -2.15. The van der Waals surface area contributed by atoms with Crippen LogP contribution in [0.25, 0.3) is 0 Å². The standard InChI is InChI=1S/C5H10N2O/c8-7-5-2-1-3-6-4-5/h5-6H,1-4H2/t5-/m1/s1. The molecule has 1 N–H and O–H groups in total. The highest BCUT2D eigenvalue weighted by Gasteiger charge is 2.11. The van der Waals surface area contributed by atoms with Crippen LogP contribution in [0.1, 0.15) is 12.8 Å². The molecule has 3 heteroatoms. The van der Waals surface area contributed by atoms with Crippen LogP contribution in [0.2, 0.25) is 0 Å². The Morgan fingerprint density at radius 1 is 1.62 bits per heavy atom. The summed E-state index contributed by atoms with van der Waals surface area (Å²) in [5, 5.41) is 6.03. The molecule has 46 valence electrons. The zero-order valence-corrected chi connectivity index (χ0v) is 4.76. The molecule has 8 heavy (non-hydrogen) atoms. The molecular weight excluding hydrogens is 104 g/mol. The second-order valence-electron chi connectivity index (χ2n) is 2.11. The van der Waals surface area contributed by atoms with Crippen LogP contribution >= 0.6 is 0 Å². The molecule has 0 bridgehead atoms. The Morgan fingerprint density at radius 2 is 2.50 bits per heavy atom. The van der Waals surface area contributed by atoms with Crippen molar-refractivity contribution in [3.05, 3.63) is 4.91 Å². The van der Waals surface area contributed by atoms with Crippen molar-refractivity contribution in [2.45, 2.75) is 18.9 Å². The van der Waals surface area contributed by atoms with Crippen molar-refractivity contribution in [1.29, 1.82) is 0 Å². The first-order valence-electron chi connectivity index (χ1n) is 2.96. The summed E-state index contributed by atoms with van der Waals surface area (Å²) in [5.41, 5.74) is 0. The molecule has 0 aromatic carbocycles. The average Bonchev–Trinajstić information content (AvgIpc) is 1.90. The second kappa shape index (κ2) is 2.77. The topological polar surface area (TPSA) is 41.5 Å². The molecule has 1 rings (SSSR count). The molecule has 0 unspecified atom stereocenters. The highest BCUT2D eigenvalue weighted by molar-refractivity contribution is 4.73. The third-order valence-electron chi connectivity index (χ3n) is 1.42. The van der Waals surface area contributed by atoms with E-state index >= 15 is 0 Å².